The van der Waals surface area contributed by atoms with E-state index in [9.17, 15) is 0 Å². The minimum absolute atomic E-state index is 0.118. The van der Waals surface area contributed by atoms with Crippen molar-refractivity contribution < 1.29 is 4.90 Å². The number of quaternary nitrogens is 1. The third-order valence-electron chi connectivity index (χ3n) is 5.77. The molecule has 2 aromatic carbocycles. The van der Waals surface area contributed by atoms with Gasteiger partial charge in [0, 0.05) is 24.2 Å². The molecular formula is C19H24N3+. The maximum absolute atomic E-state index is 5.91. The fourth-order valence-electron chi connectivity index (χ4n) is 4.64. The van der Waals surface area contributed by atoms with Crippen molar-refractivity contribution in [3.8, 4) is 0 Å². The van der Waals surface area contributed by atoms with Crippen LogP contribution < -0.4 is 16.4 Å². The van der Waals surface area contributed by atoms with E-state index < -0.39 is 0 Å². The van der Waals surface area contributed by atoms with Gasteiger partial charge in [-0.15, -0.1) is 0 Å². The molecule has 3 fully saturated rings. The molecule has 114 valence electrons. The van der Waals surface area contributed by atoms with Crippen LogP contribution in [-0.2, 0) is 5.41 Å². The molecule has 3 aliphatic rings. The molecular weight excluding hydrogens is 270 g/mol. The van der Waals surface area contributed by atoms with Gasteiger partial charge in [-0.25, -0.2) is 0 Å². The Hall–Kier alpha value is -2.00. The molecule has 5 rings (SSSR count). The molecule has 0 saturated carbocycles. The summed E-state index contributed by atoms with van der Waals surface area (Å²) < 4.78 is 0. The van der Waals surface area contributed by atoms with E-state index in [1.807, 2.05) is 24.3 Å². The van der Waals surface area contributed by atoms with Gasteiger partial charge in [0.1, 0.15) is 0 Å². The van der Waals surface area contributed by atoms with E-state index in [0.29, 0.717) is 0 Å². The summed E-state index contributed by atoms with van der Waals surface area (Å²) >= 11 is 0. The summed E-state index contributed by atoms with van der Waals surface area (Å²) in [5.74, 6) is 0.720. The molecule has 0 atom stereocenters. The molecule has 3 heteroatoms. The van der Waals surface area contributed by atoms with Gasteiger partial charge in [-0.2, -0.15) is 0 Å². The molecule has 3 aliphatic heterocycles. The van der Waals surface area contributed by atoms with Crippen LogP contribution in [0.2, 0.25) is 0 Å². The Kier molecular flexibility index (Phi) is 3.12. The Morgan fingerprint density at radius 2 is 1.23 bits per heavy atom. The van der Waals surface area contributed by atoms with Gasteiger partial charge in [-0.1, -0.05) is 24.3 Å². The topological polar surface area (TPSA) is 56.5 Å². The molecule has 2 aromatic rings. The monoisotopic (exact) mass is 294 g/mol. The summed E-state index contributed by atoms with van der Waals surface area (Å²) in [4.78, 5) is 1.73. The fraction of sp³-hybridized carbons (Fsp3) is 0.368. The van der Waals surface area contributed by atoms with Gasteiger partial charge in [0.25, 0.3) is 0 Å². The van der Waals surface area contributed by atoms with Gasteiger partial charge < -0.3 is 16.4 Å². The zero-order valence-corrected chi connectivity index (χ0v) is 12.9. The van der Waals surface area contributed by atoms with Crippen molar-refractivity contribution in [1.82, 2.24) is 0 Å². The van der Waals surface area contributed by atoms with Crippen molar-refractivity contribution in [3.05, 3.63) is 59.7 Å². The second-order valence-corrected chi connectivity index (χ2v) is 6.92. The summed E-state index contributed by atoms with van der Waals surface area (Å²) in [5, 5.41) is 0. The molecule has 0 aromatic heterocycles. The van der Waals surface area contributed by atoms with Gasteiger partial charge in [0.2, 0.25) is 0 Å². The van der Waals surface area contributed by atoms with Crippen molar-refractivity contribution in [3.63, 3.8) is 0 Å². The number of anilines is 2. The number of nitrogens with two attached hydrogens (primary N) is 2. The van der Waals surface area contributed by atoms with Crippen molar-refractivity contribution in [1.29, 1.82) is 0 Å². The number of nitrogens with one attached hydrogen (secondary N) is 1. The number of nitrogen functional groups attached to an aromatic ring is 2. The van der Waals surface area contributed by atoms with Crippen LogP contribution in [0.1, 0.15) is 24.0 Å². The van der Waals surface area contributed by atoms with E-state index in [1.54, 1.807) is 4.90 Å². The van der Waals surface area contributed by atoms with Crippen molar-refractivity contribution >= 4 is 11.4 Å². The summed E-state index contributed by atoms with van der Waals surface area (Å²) in [6.07, 6.45) is 2.62. The van der Waals surface area contributed by atoms with Crippen LogP contribution in [-0.4, -0.2) is 19.6 Å². The Labute approximate surface area is 131 Å². The van der Waals surface area contributed by atoms with Crippen LogP contribution in [0.15, 0.2) is 48.5 Å². The minimum Gasteiger partial charge on any atom is -0.399 e. The lowest BCUT2D eigenvalue weighted by Gasteiger charge is -2.51. The molecule has 3 saturated heterocycles. The molecule has 2 bridgehead atoms. The van der Waals surface area contributed by atoms with Gasteiger partial charge >= 0.3 is 0 Å². The van der Waals surface area contributed by atoms with Crippen molar-refractivity contribution in [2.24, 2.45) is 5.92 Å². The first-order chi connectivity index (χ1) is 10.7. The number of piperidine rings is 3. The molecule has 0 spiro atoms. The van der Waals surface area contributed by atoms with Gasteiger partial charge in [0.15, 0.2) is 0 Å². The average Bonchev–Trinajstić information content (AvgIpc) is 2.57. The largest absolute Gasteiger partial charge is 0.399 e. The minimum atomic E-state index is 0.118. The van der Waals surface area contributed by atoms with Crippen LogP contribution in [0.25, 0.3) is 0 Å². The van der Waals surface area contributed by atoms with E-state index >= 15 is 0 Å². The third-order valence-corrected chi connectivity index (χ3v) is 5.77. The van der Waals surface area contributed by atoms with E-state index in [4.69, 9.17) is 11.5 Å². The van der Waals surface area contributed by atoms with E-state index in [0.717, 1.165) is 17.3 Å². The van der Waals surface area contributed by atoms with E-state index in [1.165, 1.54) is 43.6 Å². The van der Waals surface area contributed by atoms with Crippen molar-refractivity contribution in [2.75, 3.05) is 31.1 Å². The number of hydrogen-bond acceptors (Lipinski definition) is 2. The molecule has 3 nitrogen and oxygen atoms in total. The van der Waals surface area contributed by atoms with E-state index in [2.05, 4.69) is 24.3 Å². The molecule has 22 heavy (non-hydrogen) atoms. The Balaban J connectivity index is 1.88. The zero-order valence-electron chi connectivity index (χ0n) is 12.9. The molecule has 3 heterocycles. The lowest BCUT2D eigenvalue weighted by atomic mass is 9.59. The first-order valence-corrected chi connectivity index (χ1v) is 8.24. The average molecular weight is 294 g/mol. The van der Waals surface area contributed by atoms with Crippen LogP contribution in [0.5, 0.6) is 0 Å². The molecule has 5 N–H and O–H groups in total. The fourth-order valence-corrected chi connectivity index (χ4v) is 4.64. The quantitative estimate of drug-likeness (QED) is 0.734. The summed E-state index contributed by atoms with van der Waals surface area (Å²) in [6.45, 7) is 3.82. The first-order valence-electron chi connectivity index (χ1n) is 8.24. The Morgan fingerprint density at radius 3 is 1.59 bits per heavy atom. The maximum atomic E-state index is 5.91. The number of rotatable bonds is 2. The number of benzene rings is 2. The third kappa shape index (κ3) is 2.00. The van der Waals surface area contributed by atoms with Crippen LogP contribution >= 0.6 is 0 Å². The molecule has 0 aliphatic carbocycles. The van der Waals surface area contributed by atoms with Gasteiger partial charge in [0.05, 0.1) is 25.0 Å². The lowest BCUT2D eigenvalue weighted by Crippen LogP contribution is -3.17. The van der Waals surface area contributed by atoms with Crippen LogP contribution in [0, 0.1) is 5.92 Å². The van der Waals surface area contributed by atoms with Gasteiger partial charge in [-0.05, 0) is 41.3 Å². The highest BCUT2D eigenvalue weighted by atomic mass is 15.2. The normalized spacial score (nSPS) is 26.0. The molecule has 0 amide bonds. The van der Waals surface area contributed by atoms with Crippen LogP contribution in [0.3, 0.4) is 0 Å². The van der Waals surface area contributed by atoms with Crippen LogP contribution in [0.4, 0.5) is 11.4 Å². The summed E-state index contributed by atoms with van der Waals surface area (Å²) in [5.41, 5.74) is 16.4. The van der Waals surface area contributed by atoms with Crippen molar-refractivity contribution in [2.45, 2.75) is 18.3 Å². The second-order valence-electron chi connectivity index (χ2n) is 6.92. The molecule has 0 radical (unpaired) electrons. The lowest BCUT2D eigenvalue weighted by molar-refractivity contribution is -0.921. The smallest absolute Gasteiger partial charge is 0.0913 e. The predicted molar refractivity (Wildman–Crippen MR) is 90.8 cm³/mol. The predicted octanol–water partition coefficient (Wildman–Crippen LogP) is 1.45. The summed E-state index contributed by atoms with van der Waals surface area (Å²) in [6, 6.07) is 17.1. The Morgan fingerprint density at radius 1 is 0.773 bits per heavy atom. The number of hydrogen-bond donors (Lipinski definition) is 3. The highest BCUT2D eigenvalue weighted by molar-refractivity contribution is 5.49. The summed E-state index contributed by atoms with van der Waals surface area (Å²) in [7, 11) is 0. The standard InChI is InChI=1S/C19H23N3/c20-17-5-1-14(2-6-17)19(15-3-7-18(21)8-4-15)13-22-11-9-16(19)10-12-22/h1-8,16H,9-13,20-21H2/p+1. The first kappa shape index (κ1) is 13.6. The highest BCUT2D eigenvalue weighted by Crippen LogP contribution is 2.44. The maximum Gasteiger partial charge on any atom is 0.0913 e. The van der Waals surface area contributed by atoms with E-state index in [-0.39, 0.29) is 5.41 Å². The van der Waals surface area contributed by atoms with Gasteiger partial charge in [-0.3, -0.25) is 0 Å². The number of fused-ring (bicyclic) bond motifs is 3. The second kappa shape index (κ2) is 5.03. The highest BCUT2D eigenvalue weighted by Gasteiger charge is 2.51. The Bertz CT molecular complexity index is 607. The zero-order chi connectivity index (χ0) is 15.2. The SMILES string of the molecule is Nc1ccc(C2(c3ccc(N)cc3)C[NH+]3CCC2CC3)cc1. The molecule has 0 unspecified atom stereocenters.